The zero-order valence-corrected chi connectivity index (χ0v) is 7.93. The summed E-state index contributed by atoms with van der Waals surface area (Å²) in [6, 6.07) is 8.68. The van der Waals surface area contributed by atoms with Gasteiger partial charge in [0.1, 0.15) is 0 Å². The van der Waals surface area contributed by atoms with Crippen LogP contribution >= 0.6 is 0 Å². The molecule has 0 radical (unpaired) electrons. The molecule has 14 heavy (non-hydrogen) atoms. The molecule has 0 bridgehead atoms. The number of nitrogens with two attached hydrogens (primary N) is 1. The van der Waals surface area contributed by atoms with Gasteiger partial charge < -0.3 is 15.6 Å². The minimum Gasteiger partial charge on any atom is -0.479 e. The molecular weight excluding hydrogens is 182 g/mol. The van der Waals surface area contributed by atoms with E-state index < -0.39 is 11.6 Å². The number of benzene rings is 1. The summed E-state index contributed by atoms with van der Waals surface area (Å²) >= 11 is 0. The highest BCUT2D eigenvalue weighted by atomic mass is 16.5. The van der Waals surface area contributed by atoms with Crippen LogP contribution in [-0.4, -0.2) is 24.7 Å². The van der Waals surface area contributed by atoms with Crippen molar-refractivity contribution in [1.29, 1.82) is 0 Å². The van der Waals surface area contributed by atoms with Gasteiger partial charge in [-0.15, -0.1) is 0 Å². The third kappa shape index (κ3) is 1.62. The molecule has 1 aromatic carbocycles. The molecular formula is C10H13NO3. The van der Waals surface area contributed by atoms with E-state index in [-0.39, 0.29) is 6.54 Å². The van der Waals surface area contributed by atoms with Crippen LogP contribution in [0.3, 0.4) is 0 Å². The summed E-state index contributed by atoms with van der Waals surface area (Å²) in [6.45, 7) is -0.0944. The molecule has 0 spiro atoms. The fourth-order valence-electron chi connectivity index (χ4n) is 1.32. The van der Waals surface area contributed by atoms with Gasteiger partial charge in [-0.1, -0.05) is 30.3 Å². The van der Waals surface area contributed by atoms with Crippen LogP contribution < -0.4 is 5.73 Å². The smallest absolute Gasteiger partial charge is 0.342 e. The molecule has 1 unspecified atom stereocenters. The number of carbonyl (C=O) groups is 1. The lowest BCUT2D eigenvalue weighted by atomic mass is 9.94. The van der Waals surface area contributed by atoms with Gasteiger partial charge >= 0.3 is 5.97 Å². The Hall–Kier alpha value is -1.39. The van der Waals surface area contributed by atoms with E-state index >= 15 is 0 Å². The fourth-order valence-corrected chi connectivity index (χ4v) is 1.32. The lowest BCUT2D eigenvalue weighted by molar-refractivity contribution is -0.162. The van der Waals surface area contributed by atoms with E-state index in [1.807, 2.05) is 6.07 Å². The predicted molar refractivity (Wildman–Crippen MR) is 51.8 cm³/mol. The lowest BCUT2D eigenvalue weighted by Crippen LogP contribution is -2.44. The molecule has 0 aliphatic rings. The number of ether oxygens (including phenoxy) is 1. The SMILES string of the molecule is COC(CN)(C(=O)O)c1ccccc1. The van der Waals surface area contributed by atoms with E-state index in [9.17, 15) is 4.79 Å². The first-order valence-electron chi connectivity index (χ1n) is 4.21. The van der Waals surface area contributed by atoms with Crippen LogP contribution in [0.1, 0.15) is 5.56 Å². The first kappa shape index (κ1) is 10.7. The van der Waals surface area contributed by atoms with Crippen molar-refractivity contribution in [3.05, 3.63) is 35.9 Å². The van der Waals surface area contributed by atoms with Crippen molar-refractivity contribution in [2.75, 3.05) is 13.7 Å². The van der Waals surface area contributed by atoms with E-state index in [1.165, 1.54) is 7.11 Å². The maximum absolute atomic E-state index is 11.1. The molecule has 1 aromatic rings. The summed E-state index contributed by atoms with van der Waals surface area (Å²) in [6.07, 6.45) is 0. The quantitative estimate of drug-likeness (QED) is 0.736. The standard InChI is InChI=1S/C10H13NO3/c1-14-10(7-11,9(12)13)8-5-3-2-4-6-8/h2-6H,7,11H2,1H3,(H,12,13). The average molecular weight is 195 g/mol. The minimum atomic E-state index is -1.43. The number of carboxylic acid groups (broad SMARTS) is 1. The number of aliphatic carboxylic acids is 1. The van der Waals surface area contributed by atoms with Crippen molar-refractivity contribution in [2.24, 2.45) is 5.73 Å². The molecule has 3 N–H and O–H groups in total. The predicted octanol–water partition coefficient (Wildman–Crippen LogP) is 0.572. The summed E-state index contributed by atoms with van der Waals surface area (Å²) in [4.78, 5) is 11.1. The van der Waals surface area contributed by atoms with Crippen LogP contribution in [0.25, 0.3) is 0 Å². The highest BCUT2D eigenvalue weighted by Gasteiger charge is 2.39. The molecule has 4 heteroatoms. The molecule has 0 saturated carbocycles. The summed E-state index contributed by atoms with van der Waals surface area (Å²) in [5, 5.41) is 9.07. The summed E-state index contributed by atoms with van der Waals surface area (Å²) in [7, 11) is 1.34. The zero-order valence-electron chi connectivity index (χ0n) is 7.93. The largest absolute Gasteiger partial charge is 0.479 e. The van der Waals surface area contributed by atoms with Gasteiger partial charge in [-0.3, -0.25) is 0 Å². The molecule has 0 fully saturated rings. The molecule has 0 aromatic heterocycles. The monoisotopic (exact) mass is 195 g/mol. The zero-order chi connectivity index (χ0) is 10.6. The number of carboxylic acids is 1. The van der Waals surface area contributed by atoms with Crippen LogP contribution in [0.15, 0.2) is 30.3 Å². The summed E-state index contributed by atoms with van der Waals surface area (Å²) in [5.74, 6) is -1.08. The van der Waals surface area contributed by atoms with Crippen molar-refractivity contribution in [3.8, 4) is 0 Å². The molecule has 0 aliphatic heterocycles. The van der Waals surface area contributed by atoms with Crippen LogP contribution in [0.4, 0.5) is 0 Å². The molecule has 1 rings (SSSR count). The second kappa shape index (κ2) is 4.21. The lowest BCUT2D eigenvalue weighted by Gasteiger charge is -2.26. The maximum atomic E-state index is 11.1. The Morgan fingerprint density at radius 2 is 2.07 bits per heavy atom. The van der Waals surface area contributed by atoms with Crippen molar-refractivity contribution in [1.82, 2.24) is 0 Å². The third-order valence-corrected chi connectivity index (χ3v) is 2.22. The second-order valence-corrected chi connectivity index (χ2v) is 2.91. The normalized spacial score (nSPS) is 14.7. The van der Waals surface area contributed by atoms with Gasteiger partial charge in [0.25, 0.3) is 0 Å². The Bertz CT molecular complexity index is 306. The van der Waals surface area contributed by atoms with Gasteiger partial charge in [-0.2, -0.15) is 0 Å². The van der Waals surface area contributed by atoms with Crippen molar-refractivity contribution < 1.29 is 14.6 Å². The topological polar surface area (TPSA) is 72.5 Å². The van der Waals surface area contributed by atoms with Gasteiger partial charge in [0.2, 0.25) is 5.60 Å². The van der Waals surface area contributed by atoms with Crippen molar-refractivity contribution >= 4 is 5.97 Å². The van der Waals surface area contributed by atoms with E-state index in [4.69, 9.17) is 15.6 Å². The molecule has 1 atom stereocenters. The first-order valence-corrected chi connectivity index (χ1v) is 4.21. The van der Waals surface area contributed by atoms with Crippen molar-refractivity contribution in [2.45, 2.75) is 5.60 Å². The van der Waals surface area contributed by atoms with Gasteiger partial charge in [0.05, 0.1) is 0 Å². The van der Waals surface area contributed by atoms with E-state index in [0.29, 0.717) is 5.56 Å². The average Bonchev–Trinajstić information content (AvgIpc) is 2.22. The molecule has 76 valence electrons. The number of hydrogen-bond donors (Lipinski definition) is 2. The Morgan fingerprint density at radius 1 is 1.50 bits per heavy atom. The van der Waals surface area contributed by atoms with Crippen LogP contribution in [0.5, 0.6) is 0 Å². The number of rotatable bonds is 4. The second-order valence-electron chi connectivity index (χ2n) is 2.91. The van der Waals surface area contributed by atoms with Gasteiger partial charge in [-0.25, -0.2) is 4.79 Å². The molecule has 0 saturated heterocycles. The number of hydrogen-bond acceptors (Lipinski definition) is 3. The minimum absolute atomic E-state index is 0.0944. The first-order chi connectivity index (χ1) is 6.67. The molecule has 4 nitrogen and oxygen atoms in total. The fraction of sp³-hybridized carbons (Fsp3) is 0.300. The van der Waals surface area contributed by atoms with Gasteiger partial charge in [-0.05, 0) is 5.56 Å². The van der Waals surface area contributed by atoms with E-state index in [2.05, 4.69) is 0 Å². The van der Waals surface area contributed by atoms with Crippen molar-refractivity contribution in [3.63, 3.8) is 0 Å². The Morgan fingerprint density at radius 3 is 2.43 bits per heavy atom. The molecule has 0 aliphatic carbocycles. The van der Waals surface area contributed by atoms with Crippen LogP contribution in [-0.2, 0) is 15.1 Å². The van der Waals surface area contributed by atoms with E-state index in [0.717, 1.165) is 0 Å². The maximum Gasteiger partial charge on any atom is 0.342 e. The summed E-state index contributed by atoms with van der Waals surface area (Å²) in [5.41, 5.74) is 4.57. The van der Waals surface area contributed by atoms with E-state index in [1.54, 1.807) is 24.3 Å². The Kier molecular flexibility index (Phi) is 3.22. The van der Waals surface area contributed by atoms with Crippen LogP contribution in [0, 0.1) is 0 Å². The Balaban J connectivity index is 3.18. The van der Waals surface area contributed by atoms with Gasteiger partial charge in [0.15, 0.2) is 0 Å². The Labute approximate surface area is 82.3 Å². The number of methoxy groups -OCH3 is 1. The third-order valence-electron chi connectivity index (χ3n) is 2.22. The highest BCUT2D eigenvalue weighted by Crippen LogP contribution is 2.23. The van der Waals surface area contributed by atoms with Gasteiger partial charge in [0, 0.05) is 13.7 Å². The summed E-state index contributed by atoms with van der Waals surface area (Å²) < 4.78 is 5.01. The molecule has 0 amide bonds. The highest BCUT2D eigenvalue weighted by molar-refractivity contribution is 5.79. The molecule has 0 heterocycles. The van der Waals surface area contributed by atoms with Crippen LogP contribution in [0.2, 0.25) is 0 Å².